The predicted molar refractivity (Wildman–Crippen MR) is 42.4 cm³/mol. The molecule has 2 heteroatoms. The van der Waals surface area contributed by atoms with Crippen molar-refractivity contribution in [1.29, 1.82) is 0 Å². The van der Waals surface area contributed by atoms with Gasteiger partial charge in [-0.1, -0.05) is 0 Å². The first kappa shape index (κ1) is 9.48. The van der Waals surface area contributed by atoms with Crippen LogP contribution >= 0.6 is 0 Å². The molecule has 0 atom stereocenters. The summed E-state index contributed by atoms with van der Waals surface area (Å²) in [6.45, 7) is 1.95. The molecular formula is C8H16NO+. The third-order valence-electron chi connectivity index (χ3n) is 1.57. The van der Waals surface area contributed by atoms with E-state index >= 15 is 0 Å². The van der Waals surface area contributed by atoms with E-state index in [1.807, 2.05) is 0 Å². The van der Waals surface area contributed by atoms with Crippen LogP contribution in [-0.2, 0) is 0 Å². The minimum Gasteiger partial charge on any atom is -0.391 e. The monoisotopic (exact) mass is 142 g/mol. The molecule has 1 N–H and O–H groups in total. The highest BCUT2D eigenvalue weighted by atomic mass is 16.3. The minimum absolute atomic E-state index is 0.234. The van der Waals surface area contributed by atoms with Crippen LogP contribution in [0.1, 0.15) is 6.42 Å². The molecule has 0 aromatic carbocycles. The fourth-order valence-corrected chi connectivity index (χ4v) is 0.750. The molecule has 0 saturated heterocycles. The molecule has 0 unspecified atom stereocenters. The topological polar surface area (TPSA) is 20.2 Å². The Kier molecular flexibility index (Phi) is 4.10. The van der Waals surface area contributed by atoms with Crippen molar-refractivity contribution in [3.8, 4) is 12.3 Å². The first-order valence-electron chi connectivity index (χ1n) is 3.49. The zero-order chi connectivity index (χ0) is 8.04. The number of nitrogens with zero attached hydrogens (tertiary/aromatic N) is 1. The van der Waals surface area contributed by atoms with Gasteiger partial charge in [-0.25, -0.2) is 0 Å². The number of hydrogen-bond acceptors (Lipinski definition) is 1. The lowest BCUT2D eigenvalue weighted by molar-refractivity contribution is -0.890. The molecule has 10 heavy (non-hydrogen) atoms. The summed E-state index contributed by atoms with van der Waals surface area (Å²) < 4.78 is 0.806. The Morgan fingerprint density at radius 3 is 2.40 bits per heavy atom. The average Bonchev–Trinajstić information content (AvgIpc) is 1.84. The minimum atomic E-state index is 0.234. The number of aliphatic hydroxyl groups is 1. The number of rotatable bonds is 4. The fraction of sp³-hybridized carbons (Fsp3) is 0.750. The molecule has 58 valence electrons. The Bertz CT molecular complexity index is 124. The van der Waals surface area contributed by atoms with Gasteiger partial charge in [0.15, 0.2) is 0 Å². The van der Waals surface area contributed by atoms with Crippen molar-refractivity contribution in [2.45, 2.75) is 6.42 Å². The molecule has 0 radical (unpaired) electrons. The van der Waals surface area contributed by atoms with Gasteiger partial charge in [-0.2, -0.15) is 0 Å². The molecule has 0 aromatic rings. The second kappa shape index (κ2) is 4.32. The van der Waals surface area contributed by atoms with Crippen molar-refractivity contribution in [1.82, 2.24) is 0 Å². The quantitative estimate of drug-likeness (QED) is 0.435. The SMILES string of the molecule is C#CCC[N+](C)(C)CCO. The van der Waals surface area contributed by atoms with Crippen LogP contribution in [0.4, 0.5) is 0 Å². The molecular weight excluding hydrogens is 126 g/mol. The summed E-state index contributed by atoms with van der Waals surface area (Å²) in [6, 6.07) is 0. The van der Waals surface area contributed by atoms with Gasteiger partial charge in [0, 0.05) is 0 Å². The molecule has 0 fully saturated rings. The number of hydrogen-bond donors (Lipinski definition) is 1. The Balaban J connectivity index is 3.54. The first-order valence-corrected chi connectivity index (χ1v) is 3.49. The van der Waals surface area contributed by atoms with Gasteiger partial charge in [0.2, 0.25) is 0 Å². The molecule has 0 spiro atoms. The van der Waals surface area contributed by atoms with Crippen LogP contribution in [0.5, 0.6) is 0 Å². The summed E-state index contributed by atoms with van der Waals surface area (Å²) in [5.74, 6) is 2.58. The molecule has 0 aliphatic rings. The van der Waals surface area contributed by atoms with Crippen LogP contribution in [0.25, 0.3) is 0 Å². The van der Waals surface area contributed by atoms with Gasteiger partial charge in [-0.15, -0.1) is 12.3 Å². The van der Waals surface area contributed by atoms with Gasteiger partial charge in [0.05, 0.1) is 33.7 Å². The van der Waals surface area contributed by atoms with E-state index in [9.17, 15) is 0 Å². The predicted octanol–water partition coefficient (Wildman–Crippen LogP) is 0.0784. The maximum absolute atomic E-state index is 8.63. The zero-order valence-corrected chi connectivity index (χ0v) is 6.80. The number of quaternary nitrogens is 1. The highest BCUT2D eigenvalue weighted by molar-refractivity contribution is 4.82. The van der Waals surface area contributed by atoms with Crippen molar-refractivity contribution in [3.63, 3.8) is 0 Å². The number of likely N-dealkylation sites (N-methyl/N-ethyl adjacent to an activating group) is 1. The fourth-order valence-electron chi connectivity index (χ4n) is 0.750. The summed E-state index contributed by atoms with van der Waals surface area (Å²) in [4.78, 5) is 0. The van der Waals surface area contributed by atoms with Crippen molar-refractivity contribution in [2.75, 3.05) is 33.8 Å². The standard InChI is InChI=1S/C8H16NO/c1-4-5-6-9(2,3)7-8-10/h1,10H,5-8H2,2-3H3/q+1. The van der Waals surface area contributed by atoms with Gasteiger partial charge in [0.25, 0.3) is 0 Å². The van der Waals surface area contributed by atoms with E-state index in [1.165, 1.54) is 0 Å². The molecule has 0 saturated carbocycles. The Labute approximate surface area is 63.1 Å². The number of aliphatic hydroxyl groups excluding tert-OH is 1. The largest absolute Gasteiger partial charge is 0.391 e. The van der Waals surface area contributed by atoms with Crippen molar-refractivity contribution < 1.29 is 9.59 Å². The highest BCUT2D eigenvalue weighted by Gasteiger charge is 2.11. The normalized spacial score (nSPS) is 11.0. The molecule has 0 aliphatic heterocycles. The zero-order valence-electron chi connectivity index (χ0n) is 6.80. The van der Waals surface area contributed by atoms with Crippen LogP contribution in [0.2, 0.25) is 0 Å². The van der Waals surface area contributed by atoms with Gasteiger partial charge in [-0.3, -0.25) is 0 Å². The van der Waals surface area contributed by atoms with Crippen LogP contribution in [-0.4, -0.2) is 43.4 Å². The molecule has 2 nitrogen and oxygen atoms in total. The summed E-state index contributed by atoms with van der Waals surface area (Å²) in [6.07, 6.45) is 5.89. The lowest BCUT2D eigenvalue weighted by Crippen LogP contribution is -2.42. The maximum atomic E-state index is 8.63. The van der Waals surface area contributed by atoms with Crippen molar-refractivity contribution in [3.05, 3.63) is 0 Å². The Morgan fingerprint density at radius 1 is 1.40 bits per heavy atom. The number of terminal acetylenes is 1. The summed E-state index contributed by atoms with van der Waals surface area (Å²) in [5.41, 5.74) is 0. The van der Waals surface area contributed by atoms with Gasteiger partial charge >= 0.3 is 0 Å². The molecule has 0 heterocycles. The van der Waals surface area contributed by atoms with Crippen LogP contribution in [0, 0.1) is 12.3 Å². The summed E-state index contributed by atoms with van der Waals surface area (Å²) in [7, 11) is 4.13. The lowest BCUT2D eigenvalue weighted by Gasteiger charge is -2.27. The summed E-state index contributed by atoms with van der Waals surface area (Å²) >= 11 is 0. The van der Waals surface area contributed by atoms with E-state index in [0.717, 1.165) is 24.0 Å². The van der Waals surface area contributed by atoms with Crippen molar-refractivity contribution >= 4 is 0 Å². The van der Waals surface area contributed by atoms with E-state index in [0.29, 0.717) is 0 Å². The van der Waals surface area contributed by atoms with E-state index in [4.69, 9.17) is 11.5 Å². The molecule has 0 aromatic heterocycles. The van der Waals surface area contributed by atoms with Gasteiger partial charge < -0.3 is 9.59 Å². The molecule has 0 amide bonds. The van der Waals surface area contributed by atoms with Gasteiger partial charge in [-0.05, 0) is 0 Å². The van der Waals surface area contributed by atoms with Crippen molar-refractivity contribution in [2.24, 2.45) is 0 Å². The third-order valence-corrected chi connectivity index (χ3v) is 1.57. The second-order valence-electron chi connectivity index (χ2n) is 3.06. The molecule has 0 aliphatic carbocycles. The Hall–Kier alpha value is -0.520. The van der Waals surface area contributed by atoms with E-state index < -0.39 is 0 Å². The second-order valence-corrected chi connectivity index (χ2v) is 3.06. The molecule has 0 bridgehead atoms. The lowest BCUT2D eigenvalue weighted by atomic mass is 10.3. The first-order chi connectivity index (χ1) is 4.62. The van der Waals surface area contributed by atoms with Crippen LogP contribution < -0.4 is 0 Å². The van der Waals surface area contributed by atoms with E-state index in [2.05, 4.69) is 20.0 Å². The Morgan fingerprint density at radius 2 is 2.00 bits per heavy atom. The highest BCUT2D eigenvalue weighted by Crippen LogP contribution is 1.96. The maximum Gasteiger partial charge on any atom is 0.102 e. The average molecular weight is 142 g/mol. The smallest absolute Gasteiger partial charge is 0.102 e. The molecule has 0 rings (SSSR count). The third kappa shape index (κ3) is 4.37. The van der Waals surface area contributed by atoms with E-state index in [-0.39, 0.29) is 6.61 Å². The van der Waals surface area contributed by atoms with Crippen LogP contribution in [0.3, 0.4) is 0 Å². The van der Waals surface area contributed by atoms with Gasteiger partial charge in [0.1, 0.15) is 6.54 Å². The summed E-state index contributed by atoms with van der Waals surface area (Å²) in [5, 5.41) is 8.63. The van der Waals surface area contributed by atoms with E-state index in [1.54, 1.807) is 0 Å². The van der Waals surface area contributed by atoms with Crippen LogP contribution in [0.15, 0.2) is 0 Å².